The third-order valence-corrected chi connectivity index (χ3v) is 6.47. The molecule has 3 nitrogen and oxygen atoms in total. The fourth-order valence-corrected chi connectivity index (χ4v) is 4.74. The first-order valence-electron chi connectivity index (χ1n) is 11.1. The van der Waals surface area contributed by atoms with E-state index < -0.39 is 23.5 Å². The molecule has 0 radical (unpaired) electrons. The molecule has 9 heteroatoms. The quantitative estimate of drug-likeness (QED) is 0.343. The van der Waals surface area contributed by atoms with Crippen LogP contribution in [0.3, 0.4) is 0 Å². The zero-order valence-electron chi connectivity index (χ0n) is 18.9. The minimum atomic E-state index is -4.43. The van der Waals surface area contributed by atoms with Crippen molar-refractivity contribution in [3.05, 3.63) is 70.8 Å². The maximum absolute atomic E-state index is 13.0. The number of halogens is 6. The Bertz CT molecular complexity index is 953. The van der Waals surface area contributed by atoms with Crippen LogP contribution in [-0.4, -0.2) is 31.1 Å². The summed E-state index contributed by atoms with van der Waals surface area (Å²) in [6, 6.07) is 9.96. The number of hydrogen-bond acceptors (Lipinski definition) is 3. The van der Waals surface area contributed by atoms with Crippen molar-refractivity contribution in [2.45, 2.75) is 44.6 Å². The van der Waals surface area contributed by atoms with Gasteiger partial charge in [-0.25, -0.2) is 0 Å². The highest BCUT2D eigenvalue weighted by atomic mass is 19.4. The summed E-state index contributed by atoms with van der Waals surface area (Å²) in [4.78, 5) is 14.4. The summed E-state index contributed by atoms with van der Waals surface area (Å²) in [7, 11) is 1.32. The normalized spacial score (nSPS) is 20.7. The van der Waals surface area contributed by atoms with Gasteiger partial charge in [-0.3, -0.25) is 9.69 Å². The Morgan fingerprint density at radius 2 is 1.47 bits per heavy atom. The number of methoxy groups -OCH3 is 1. The number of hydrogen-bond donors (Lipinski definition) is 0. The SMILES string of the molecule is CCC(C(=O)OC)C1CC(c2ccc(C(F)(F)F)cc2)CN(Cc2ccc(C(F)(F)F)cc2)C1. The van der Waals surface area contributed by atoms with Crippen LogP contribution in [-0.2, 0) is 28.4 Å². The lowest BCUT2D eigenvalue weighted by Crippen LogP contribution is -2.43. The van der Waals surface area contributed by atoms with Crippen molar-refractivity contribution < 1.29 is 35.9 Å². The topological polar surface area (TPSA) is 29.5 Å². The van der Waals surface area contributed by atoms with E-state index in [-0.39, 0.29) is 23.7 Å². The Hall–Kier alpha value is -2.55. The van der Waals surface area contributed by atoms with Gasteiger partial charge in [0, 0.05) is 19.6 Å². The Balaban J connectivity index is 1.84. The highest BCUT2D eigenvalue weighted by Gasteiger charge is 2.37. The predicted octanol–water partition coefficient (Wildman–Crippen LogP) is 6.53. The van der Waals surface area contributed by atoms with Gasteiger partial charge in [-0.15, -0.1) is 0 Å². The predicted molar refractivity (Wildman–Crippen MR) is 115 cm³/mol. The molecule has 1 aliphatic rings. The van der Waals surface area contributed by atoms with Crippen molar-refractivity contribution in [1.82, 2.24) is 4.90 Å². The summed E-state index contributed by atoms with van der Waals surface area (Å²) in [5, 5.41) is 0. The van der Waals surface area contributed by atoms with Gasteiger partial charge >= 0.3 is 18.3 Å². The van der Waals surface area contributed by atoms with Crippen molar-refractivity contribution in [3.63, 3.8) is 0 Å². The molecule has 2 aromatic carbocycles. The van der Waals surface area contributed by atoms with E-state index in [2.05, 4.69) is 0 Å². The molecular formula is C25H27F6NO2. The van der Waals surface area contributed by atoms with Crippen LogP contribution in [0.15, 0.2) is 48.5 Å². The first-order valence-corrected chi connectivity index (χ1v) is 11.1. The fourth-order valence-electron chi connectivity index (χ4n) is 4.74. The van der Waals surface area contributed by atoms with Crippen LogP contribution < -0.4 is 0 Å². The third-order valence-electron chi connectivity index (χ3n) is 6.47. The fraction of sp³-hybridized carbons (Fsp3) is 0.480. The van der Waals surface area contributed by atoms with E-state index in [9.17, 15) is 31.1 Å². The van der Waals surface area contributed by atoms with E-state index in [1.165, 1.54) is 31.4 Å². The van der Waals surface area contributed by atoms with E-state index in [1.54, 1.807) is 0 Å². The van der Waals surface area contributed by atoms with Crippen molar-refractivity contribution in [3.8, 4) is 0 Å². The average Bonchev–Trinajstić information content (AvgIpc) is 2.78. The monoisotopic (exact) mass is 487 g/mol. The van der Waals surface area contributed by atoms with E-state index in [0.29, 0.717) is 38.0 Å². The number of carbonyl (C=O) groups is 1. The zero-order chi connectivity index (χ0) is 25.1. The summed E-state index contributed by atoms with van der Waals surface area (Å²) in [6.07, 6.45) is -7.70. The molecule has 0 bridgehead atoms. The lowest BCUT2D eigenvalue weighted by Gasteiger charge is -2.40. The number of carbonyl (C=O) groups excluding carboxylic acids is 1. The Kier molecular flexibility index (Phi) is 7.95. The number of esters is 1. The maximum Gasteiger partial charge on any atom is 0.416 e. The van der Waals surface area contributed by atoms with Crippen LogP contribution in [0.2, 0.25) is 0 Å². The number of alkyl halides is 6. The number of piperidine rings is 1. The van der Waals surface area contributed by atoms with Crippen molar-refractivity contribution in [1.29, 1.82) is 0 Å². The molecule has 34 heavy (non-hydrogen) atoms. The van der Waals surface area contributed by atoms with Gasteiger partial charge in [0.1, 0.15) is 0 Å². The highest BCUT2D eigenvalue weighted by molar-refractivity contribution is 5.72. The van der Waals surface area contributed by atoms with E-state index >= 15 is 0 Å². The molecule has 0 aromatic heterocycles. The lowest BCUT2D eigenvalue weighted by molar-refractivity contribution is -0.148. The van der Waals surface area contributed by atoms with Gasteiger partial charge in [-0.05, 0) is 60.1 Å². The molecule has 0 saturated carbocycles. The summed E-state index contributed by atoms with van der Waals surface area (Å²) in [5.74, 6) is -0.950. The van der Waals surface area contributed by atoms with Crippen LogP contribution in [0.4, 0.5) is 26.3 Å². The maximum atomic E-state index is 13.0. The van der Waals surface area contributed by atoms with Crippen LogP contribution in [0.5, 0.6) is 0 Å². The standard InChI is InChI=1S/C25H27F6NO2/c1-3-22(23(33)34-2)19-12-18(17-6-10-21(11-7-17)25(29,30)31)14-32(15-19)13-16-4-8-20(9-5-16)24(26,27)28/h4-11,18-19,22H,3,12-15H2,1-2H3. The molecule has 186 valence electrons. The van der Waals surface area contributed by atoms with E-state index in [4.69, 9.17) is 4.74 Å². The number of ether oxygens (including phenoxy) is 1. The first-order chi connectivity index (χ1) is 15.9. The molecule has 1 fully saturated rings. The van der Waals surface area contributed by atoms with E-state index in [0.717, 1.165) is 29.8 Å². The molecule has 0 N–H and O–H groups in total. The average molecular weight is 487 g/mol. The van der Waals surface area contributed by atoms with Gasteiger partial charge in [0.15, 0.2) is 0 Å². The lowest BCUT2D eigenvalue weighted by atomic mass is 9.77. The molecular weight excluding hydrogens is 460 g/mol. The van der Waals surface area contributed by atoms with Crippen LogP contribution in [0.25, 0.3) is 0 Å². The number of benzene rings is 2. The molecule has 1 saturated heterocycles. The van der Waals surface area contributed by atoms with Crippen molar-refractivity contribution in [2.24, 2.45) is 11.8 Å². The van der Waals surface area contributed by atoms with Crippen LogP contribution >= 0.6 is 0 Å². The second-order valence-electron chi connectivity index (χ2n) is 8.74. The number of rotatable bonds is 6. The van der Waals surface area contributed by atoms with Gasteiger partial charge in [-0.2, -0.15) is 26.3 Å². The van der Waals surface area contributed by atoms with Gasteiger partial charge in [-0.1, -0.05) is 31.2 Å². The summed E-state index contributed by atoms with van der Waals surface area (Å²) in [6.45, 7) is 3.29. The molecule has 0 aliphatic carbocycles. The van der Waals surface area contributed by atoms with Gasteiger partial charge in [0.25, 0.3) is 0 Å². The Morgan fingerprint density at radius 3 is 1.94 bits per heavy atom. The first kappa shape index (κ1) is 26.1. The molecule has 3 rings (SSSR count). The largest absolute Gasteiger partial charge is 0.469 e. The minimum absolute atomic E-state index is 0.104. The Labute approximate surface area is 194 Å². The van der Waals surface area contributed by atoms with Crippen LogP contribution in [0, 0.1) is 11.8 Å². The third kappa shape index (κ3) is 6.31. The molecule has 0 amide bonds. The molecule has 3 atom stereocenters. The van der Waals surface area contributed by atoms with Crippen LogP contribution in [0.1, 0.15) is 47.9 Å². The van der Waals surface area contributed by atoms with Crippen molar-refractivity contribution >= 4 is 5.97 Å². The molecule has 1 aliphatic heterocycles. The minimum Gasteiger partial charge on any atom is -0.469 e. The zero-order valence-corrected chi connectivity index (χ0v) is 18.9. The molecule has 2 aromatic rings. The van der Waals surface area contributed by atoms with Gasteiger partial charge < -0.3 is 4.74 Å². The Morgan fingerprint density at radius 1 is 0.941 bits per heavy atom. The summed E-state index contributed by atoms with van der Waals surface area (Å²) in [5.41, 5.74) is -0.0425. The summed E-state index contributed by atoms with van der Waals surface area (Å²) < 4.78 is 82.5. The van der Waals surface area contributed by atoms with Crippen molar-refractivity contribution in [2.75, 3.05) is 20.2 Å². The highest BCUT2D eigenvalue weighted by Crippen LogP contribution is 2.38. The molecule has 1 heterocycles. The smallest absolute Gasteiger partial charge is 0.416 e. The number of likely N-dealkylation sites (tertiary alicyclic amines) is 1. The van der Waals surface area contributed by atoms with Gasteiger partial charge in [0.05, 0.1) is 24.2 Å². The summed E-state index contributed by atoms with van der Waals surface area (Å²) >= 11 is 0. The van der Waals surface area contributed by atoms with Gasteiger partial charge in [0.2, 0.25) is 0 Å². The molecule has 0 spiro atoms. The number of nitrogens with zero attached hydrogens (tertiary/aromatic N) is 1. The van der Waals surface area contributed by atoms with E-state index in [1.807, 2.05) is 11.8 Å². The second-order valence-corrected chi connectivity index (χ2v) is 8.74. The second kappa shape index (κ2) is 10.4. The molecule has 3 unspecified atom stereocenters.